The summed E-state index contributed by atoms with van der Waals surface area (Å²) in [5.74, 6) is -0.0684. The van der Waals surface area contributed by atoms with Gasteiger partial charge in [0.2, 0.25) is 0 Å². The summed E-state index contributed by atoms with van der Waals surface area (Å²) in [6.45, 7) is 1.79. The number of nitrogens with zero attached hydrogens (tertiary/aromatic N) is 2. The minimum absolute atomic E-state index is 0.385. The SMILES string of the molecule is Cc1c(C(N)=O)sc2ncnc(N)c12. The van der Waals surface area contributed by atoms with E-state index in [-0.39, 0.29) is 0 Å². The average molecular weight is 208 g/mol. The lowest BCUT2D eigenvalue weighted by Crippen LogP contribution is -2.09. The normalized spacial score (nSPS) is 10.6. The molecule has 2 aromatic heterocycles. The Balaban J connectivity index is 2.87. The molecule has 0 aromatic carbocycles. The maximum atomic E-state index is 11.0. The molecule has 1 amide bonds. The lowest BCUT2D eigenvalue weighted by atomic mass is 10.2. The molecule has 2 heterocycles. The predicted molar refractivity (Wildman–Crippen MR) is 55.1 cm³/mol. The van der Waals surface area contributed by atoms with E-state index in [1.54, 1.807) is 6.92 Å². The number of hydrogen-bond donors (Lipinski definition) is 2. The van der Waals surface area contributed by atoms with Crippen molar-refractivity contribution in [2.24, 2.45) is 5.73 Å². The molecule has 4 N–H and O–H groups in total. The molecule has 2 rings (SSSR count). The van der Waals surface area contributed by atoms with Crippen LogP contribution in [0, 0.1) is 6.92 Å². The number of carbonyl (C=O) groups is 1. The van der Waals surface area contributed by atoms with Crippen molar-refractivity contribution in [3.63, 3.8) is 0 Å². The van der Waals surface area contributed by atoms with Gasteiger partial charge < -0.3 is 11.5 Å². The maximum Gasteiger partial charge on any atom is 0.259 e. The summed E-state index contributed by atoms with van der Waals surface area (Å²) in [6, 6.07) is 0. The maximum absolute atomic E-state index is 11.0. The van der Waals surface area contributed by atoms with Crippen molar-refractivity contribution in [3.8, 4) is 0 Å². The van der Waals surface area contributed by atoms with Crippen LogP contribution < -0.4 is 11.5 Å². The Morgan fingerprint density at radius 1 is 1.50 bits per heavy atom. The van der Waals surface area contributed by atoms with Crippen LogP contribution in [0.25, 0.3) is 10.2 Å². The van der Waals surface area contributed by atoms with E-state index in [1.165, 1.54) is 17.7 Å². The fourth-order valence-electron chi connectivity index (χ4n) is 1.33. The van der Waals surface area contributed by atoms with Crippen LogP contribution >= 0.6 is 11.3 Å². The summed E-state index contributed by atoms with van der Waals surface area (Å²) < 4.78 is 0. The Morgan fingerprint density at radius 2 is 2.21 bits per heavy atom. The summed E-state index contributed by atoms with van der Waals surface area (Å²) in [7, 11) is 0. The third-order valence-corrected chi connectivity index (χ3v) is 3.19. The quantitative estimate of drug-likeness (QED) is 0.720. The van der Waals surface area contributed by atoms with E-state index in [0.29, 0.717) is 15.5 Å². The molecule has 0 atom stereocenters. The lowest BCUT2D eigenvalue weighted by Gasteiger charge is -1.95. The summed E-state index contributed by atoms with van der Waals surface area (Å²) >= 11 is 1.24. The van der Waals surface area contributed by atoms with E-state index < -0.39 is 5.91 Å². The Morgan fingerprint density at radius 3 is 2.79 bits per heavy atom. The van der Waals surface area contributed by atoms with Gasteiger partial charge in [-0.1, -0.05) is 0 Å². The monoisotopic (exact) mass is 208 g/mol. The first-order valence-corrected chi connectivity index (χ1v) is 4.72. The molecular weight excluding hydrogens is 200 g/mol. The fourth-order valence-corrected chi connectivity index (χ4v) is 2.34. The van der Waals surface area contributed by atoms with Crippen LogP contribution in [-0.4, -0.2) is 15.9 Å². The van der Waals surface area contributed by atoms with Gasteiger partial charge in [0, 0.05) is 0 Å². The predicted octanol–water partition coefficient (Wildman–Crippen LogP) is 0.681. The van der Waals surface area contributed by atoms with Crippen molar-refractivity contribution in [2.75, 3.05) is 5.73 Å². The molecule has 0 aliphatic carbocycles. The number of nitrogens with two attached hydrogens (primary N) is 2. The Hall–Kier alpha value is -1.69. The molecular formula is C8H8N4OS. The van der Waals surface area contributed by atoms with Gasteiger partial charge in [0.1, 0.15) is 17.0 Å². The van der Waals surface area contributed by atoms with Gasteiger partial charge in [0.15, 0.2) is 0 Å². The molecule has 14 heavy (non-hydrogen) atoms. The van der Waals surface area contributed by atoms with Gasteiger partial charge in [-0.05, 0) is 12.5 Å². The molecule has 0 bridgehead atoms. The van der Waals surface area contributed by atoms with Crippen LogP contribution in [0.2, 0.25) is 0 Å². The van der Waals surface area contributed by atoms with E-state index in [0.717, 1.165) is 10.9 Å². The van der Waals surface area contributed by atoms with E-state index in [9.17, 15) is 4.79 Å². The van der Waals surface area contributed by atoms with E-state index in [2.05, 4.69) is 9.97 Å². The summed E-state index contributed by atoms with van der Waals surface area (Å²) in [5.41, 5.74) is 11.6. The number of anilines is 1. The highest BCUT2D eigenvalue weighted by Gasteiger charge is 2.15. The van der Waals surface area contributed by atoms with Gasteiger partial charge in [0.25, 0.3) is 5.91 Å². The molecule has 5 nitrogen and oxygen atoms in total. The lowest BCUT2D eigenvalue weighted by molar-refractivity contribution is 0.100. The smallest absolute Gasteiger partial charge is 0.259 e. The largest absolute Gasteiger partial charge is 0.383 e. The van der Waals surface area contributed by atoms with Crippen LogP contribution in [0.1, 0.15) is 15.2 Å². The minimum atomic E-state index is -0.454. The first-order valence-electron chi connectivity index (χ1n) is 3.90. The number of amides is 1. The van der Waals surface area contributed by atoms with Gasteiger partial charge in [-0.15, -0.1) is 11.3 Å². The average Bonchev–Trinajstić information content (AvgIpc) is 2.45. The first-order chi connectivity index (χ1) is 6.61. The number of hydrogen-bond acceptors (Lipinski definition) is 5. The topological polar surface area (TPSA) is 94.9 Å². The second-order valence-electron chi connectivity index (χ2n) is 2.86. The van der Waals surface area contributed by atoms with Crippen LogP contribution in [0.15, 0.2) is 6.33 Å². The van der Waals surface area contributed by atoms with Crippen molar-refractivity contribution in [2.45, 2.75) is 6.92 Å². The highest BCUT2D eigenvalue weighted by atomic mass is 32.1. The van der Waals surface area contributed by atoms with Gasteiger partial charge in [-0.3, -0.25) is 4.79 Å². The third-order valence-electron chi connectivity index (χ3n) is 1.98. The number of carbonyl (C=O) groups excluding carboxylic acids is 1. The Kier molecular flexibility index (Phi) is 1.85. The Labute approximate surface area is 83.8 Å². The molecule has 0 aliphatic heterocycles. The highest BCUT2D eigenvalue weighted by Crippen LogP contribution is 2.31. The number of rotatable bonds is 1. The second kappa shape index (κ2) is 2.91. The molecule has 0 aliphatic rings. The van der Waals surface area contributed by atoms with Crippen molar-refractivity contribution in [3.05, 3.63) is 16.8 Å². The van der Waals surface area contributed by atoms with Crippen LogP contribution in [-0.2, 0) is 0 Å². The second-order valence-corrected chi connectivity index (χ2v) is 3.86. The number of primary amides is 1. The fraction of sp³-hybridized carbons (Fsp3) is 0.125. The highest BCUT2D eigenvalue weighted by molar-refractivity contribution is 7.20. The number of aromatic nitrogens is 2. The van der Waals surface area contributed by atoms with Crippen LogP contribution in [0.4, 0.5) is 5.82 Å². The molecule has 0 spiro atoms. The van der Waals surface area contributed by atoms with Crippen molar-refractivity contribution in [1.29, 1.82) is 0 Å². The third kappa shape index (κ3) is 1.12. The van der Waals surface area contributed by atoms with Crippen LogP contribution in [0.3, 0.4) is 0 Å². The zero-order valence-corrected chi connectivity index (χ0v) is 8.26. The number of nitrogen functional groups attached to an aromatic ring is 1. The van der Waals surface area contributed by atoms with Gasteiger partial charge in [-0.2, -0.15) is 0 Å². The van der Waals surface area contributed by atoms with Crippen molar-refractivity contribution in [1.82, 2.24) is 9.97 Å². The van der Waals surface area contributed by atoms with E-state index in [4.69, 9.17) is 11.5 Å². The first kappa shape index (κ1) is 8.89. The molecule has 0 saturated heterocycles. The molecule has 0 fully saturated rings. The standard InChI is InChI=1S/C8H8N4OS/c1-3-4-6(9)11-2-12-8(4)14-5(3)7(10)13/h2H,1H3,(H2,10,13)(H2,9,11,12). The Bertz CT molecular complexity index is 519. The summed E-state index contributed by atoms with van der Waals surface area (Å²) in [6.07, 6.45) is 1.37. The van der Waals surface area contributed by atoms with Crippen molar-refractivity contribution >= 4 is 33.3 Å². The number of thiophene rings is 1. The molecule has 0 radical (unpaired) electrons. The molecule has 2 aromatic rings. The number of fused-ring (bicyclic) bond motifs is 1. The number of aryl methyl sites for hydroxylation is 1. The van der Waals surface area contributed by atoms with Gasteiger partial charge >= 0.3 is 0 Å². The summed E-state index contributed by atoms with van der Waals surface area (Å²) in [5, 5.41) is 0.728. The summed E-state index contributed by atoms with van der Waals surface area (Å²) in [4.78, 5) is 20.1. The molecule has 6 heteroatoms. The van der Waals surface area contributed by atoms with Crippen LogP contribution in [0.5, 0.6) is 0 Å². The minimum Gasteiger partial charge on any atom is -0.383 e. The molecule has 0 saturated carbocycles. The zero-order valence-electron chi connectivity index (χ0n) is 7.44. The van der Waals surface area contributed by atoms with E-state index >= 15 is 0 Å². The van der Waals surface area contributed by atoms with Gasteiger partial charge in [-0.25, -0.2) is 9.97 Å². The van der Waals surface area contributed by atoms with Crippen molar-refractivity contribution < 1.29 is 4.79 Å². The van der Waals surface area contributed by atoms with E-state index in [1.807, 2.05) is 0 Å². The van der Waals surface area contributed by atoms with Gasteiger partial charge in [0.05, 0.1) is 10.3 Å². The zero-order chi connectivity index (χ0) is 10.3. The molecule has 0 unspecified atom stereocenters. The molecule has 72 valence electrons.